The Hall–Kier alpha value is -1.27. The molecule has 24 heavy (non-hydrogen) atoms. The number of hydrogen-bond donors (Lipinski definition) is 0. The first-order valence-corrected chi connectivity index (χ1v) is 8.21. The molecule has 0 aliphatic rings. The fourth-order valence-electron chi connectivity index (χ4n) is 2.00. The number of hydrogen-bond acceptors (Lipinski definition) is 1. The lowest BCUT2D eigenvalue weighted by Gasteiger charge is -2.22. The molecular weight excluding hydrogens is 321 g/mol. The van der Waals surface area contributed by atoms with Crippen molar-refractivity contribution >= 4 is 7.25 Å². The summed E-state index contributed by atoms with van der Waals surface area (Å²) >= 11 is 0. The van der Waals surface area contributed by atoms with Crippen LogP contribution in [0, 0.1) is 0 Å². The first-order valence-electron chi connectivity index (χ1n) is 8.21. The van der Waals surface area contributed by atoms with Gasteiger partial charge in [0.25, 0.3) is 0 Å². The highest BCUT2D eigenvalue weighted by Gasteiger charge is 2.24. The quantitative estimate of drug-likeness (QED) is 0.417. The molecule has 0 N–H and O–H groups in total. The fourth-order valence-corrected chi connectivity index (χ4v) is 2.00. The highest BCUT2D eigenvalue weighted by molar-refractivity contribution is 6.50. The van der Waals surface area contributed by atoms with Gasteiger partial charge in [-0.05, 0) is 13.8 Å². The average molecular weight is 351 g/mol. The van der Waals surface area contributed by atoms with Gasteiger partial charge in [-0.3, -0.25) is 0 Å². The monoisotopic (exact) mass is 351 g/mol. The molecule has 0 aliphatic heterocycles. The summed E-state index contributed by atoms with van der Waals surface area (Å²) in [6, 6.07) is 4.39. The van der Waals surface area contributed by atoms with E-state index in [0.717, 1.165) is 24.6 Å². The molecule has 1 rings (SSSR count). The van der Waals surface area contributed by atoms with Gasteiger partial charge in [-0.2, -0.15) is 0 Å². The van der Waals surface area contributed by atoms with Crippen molar-refractivity contribution in [1.82, 2.24) is 4.58 Å². The Labute approximate surface area is 142 Å². The predicted octanol–water partition coefficient (Wildman–Crippen LogP) is 4.99. The maximum atomic E-state index is 9.75. The molecule has 1 aromatic heterocycles. The van der Waals surface area contributed by atoms with Crippen molar-refractivity contribution in [1.29, 1.82) is 0 Å². The lowest BCUT2D eigenvalue weighted by atomic mass is 9.90. The van der Waals surface area contributed by atoms with Crippen LogP contribution in [0.4, 0.5) is 17.3 Å². The molecule has 0 amide bonds. The smallest absolute Gasteiger partial charge is 0.464 e. The van der Waals surface area contributed by atoms with Crippen molar-refractivity contribution in [2.24, 2.45) is 0 Å². The van der Waals surface area contributed by atoms with Gasteiger partial charge in [0.15, 0.2) is 0 Å². The van der Waals surface area contributed by atoms with E-state index in [0.29, 0.717) is 0 Å². The zero-order valence-electron chi connectivity index (χ0n) is 16.0. The molecule has 0 fully saturated rings. The van der Waals surface area contributed by atoms with Crippen molar-refractivity contribution in [3.8, 4) is 0 Å². The van der Waals surface area contributed by atoms with Gasteiger partial charge in [-0.1, -0.05) is 41.5 Å². The van der Waals surface area contributed by atoms with Gasteiger partial charge in [-0.15, -0.1) is 0 Å². The Bertz CT molecular complexity index is 545. The second-order valence-corrected chi connectivity index (χ2v) is 7.71. The van der Waals surface area contributed by atoms with Gasteiger partial charge in [0, 0.05) is 23.0 Å². The minimum atomic E-state index is -6.00. The summed E-state index contributed by atoms with van der Waals surface area (Å²) in [7, 11) is -6.00. The summed E-state index contributed by atoms with van der Waals surface area (Å²) in [4.78, 5) is 0. The number of nitrogens with zero attached hydrogens (tertiary/aromatic N) is 1. The summed E-state index contributed by atoms with van der Waals surface area (Å²) in [5, 5.41) is 1.27. The molecule has 140 valence electrons. The molecule has 0 unspecified atom stereocenters. The molecule has 2 nitrogen and oxygen atoms in total. The van der Waals surface area contributed by atoms with Crippen LogP contribution in [0.15, 0.2) is 16.5 Å². The Kier molecular flexibility index (Phi) is 7.78. The summed E-state index contributed by atoms with van der Waals surface area (Å²) < 4.78 is 47.5. The van der Waals surface area contributed by atoms with Crippen molar-refractivity contribution in [3.05, 3.63) is 29.0 Å². The largest absolute Gasteiger partial charge is 0.673 e. The highest BCUT2D eigenvalue weighted by Crippen LogP contribution is 2.27. The molecule has 0 saturated heterocycles. The van der Waals surface area contributed by atoms with E-state index in [4.69, 9.17) is 4.42 Å². The second kappa shape index (κ2) is 8.21. The van der Waals surface area contributed by atoms with E-state index in [-0.39, 0.29) is 10.8 Å². The first kappa shape index (κ1) is 22.7. The van der Waals surface area contributed by atoms with Crippen molar-refractivity contribution < 1.29 is 21.7 Å². The van der Waals surface area contributed by atoms with E-state index in [2.05, 4.69) is 72.1 Å². The van der Waals surface area contributed by atoms with E-state index < -0.39 is 7.25 Å². The molecule has 7 heteroatoms. The van der Waals surface area contributed by atoms with Crippen LogP contribution in [0.3, 0.4) is 0 Å². The van der Waals surface area contributed by atoms with Crippen LogP contribution in [0.5, 0.6) is 0 Å². The Morgan fingerprint density at radius 1 is 0.833 bits per heavy atom. The maximum absolute atomic E-state index is 9.75. The SMILES string of the molecule is CC[N+](CC)=c1cc(C(C)(C)C)oc(C(C)(C)C)c1.F[B-](F)(F)F. The molecule has 0 saturated carbocycles. The molecule has 0 spiro atoms. The number of rotatable bonds is 2. The third-order valence-corrected chi connectivity index (χ3v) is 3.38. The molecule has 1 heterocycles. The van der Waals surface area contributed by atoms with Crippen molar-refractivity contribution in [3.63, 3.8) is 0 Å². The van der Waals surface area contributed by atoms with Crippen molar-refractivity contribution in [2.75, 3.05) is 13.1 Å². The molecule has 1 aromatic rings. The normalized spacial score (nSPS) is 12.5. The minimum Gasteiger partial charge on any atom is -0.464 e. The summed E-state index contributed by atoms with van der Waals surface area (Å²) in [6.07, 6.45) is 0. The Morgan fingerprint density at radius 2 is 1.12 bits per heavy atom. The summed E-state index contributed by atoms with van der Waals surface area (Å²) in [6.45, 7) is 19.6. The van der Waals surface area contributed by atoms with E-state index in [1.165, 1.54) is 5.36 Å². The minimum absolute atomic E-state index is 0.0309. The number of halogens is 4. The maximum Gasteiger partial charge on any atom is 0.673 e. The second-order valence-electron chi connectivity index (χ2n) is 7.71. The van der Waals surface area contributed by atoms with Crippen LogP contribution in [0.2, 0.25) is 0 Å². The molecule has 0 aromatic carbocycles. The topological polar surface area (TPSA) is 16.1 Å². The third-order valence-electron chi connectivity index (χ3n) is 3.38. The van der Waals surface area contributed by atoms with Crippen LogP contribution in [-0.4, -0.2) is 20.3 Å². The van der Waals surface area contributed by atoms with Gasteiger partial charge in [0.1, 0.15) is 24.6 Å². The van der Waals surface area contributed by atoms with Gasteiger partial charge < -0.3 is 21.7 Å². The lowest BCUT2D eigenvalue weighted by Crippen LogP contribution is -2.32. The molecule has 0 radical (unpaired) electrons. The average Bonchev–Trinajstić information content (AvgIpc) is 2.36. The molecule has 0 bridgehead atoms. The van der Waals surface area contributed by atoms with Crippen LogP contribution in [0.1, 0.15) is 66.9 Å². The van der Waals surface area contributed by atoms with Crippen LogP contribution in [-0.2, 0) is 10.8 Å². The highest BCUT2D eigenvalue weighted by atomic mass is 19.5. The van der Waals surface area contributed by atoms with E-state index in [1.54, 1.807) is 0 Å². The Balaban J connectivity index is 0.000000922. The molecule has 0 atom stereocenters. The first-order chi connectivity index (χ1) is 10.6. The zero-order valence-corrected chi connectivity index (χ0v) is 16.0. The molecule has 0 aliphatic carbocycles. The fraction of sp³-hybridized carbons (Fsp3) is 0.706. The van der Waals surface area contributed by atoms with Gasteiger partial charge >= 0.3 is 7.25 Å². The van der Waals surface area contributed by atoms with Crippen LogP contribution >= 0.6 is 0 Å². The zero-order chi connectivity index (χ0) is 19.3. The van der Waals surface area contributed by atoms with Crippen LogP contribution in [0.25, 0.3) is 0 Å². The Morgan fingerprint density at radius 3 is 1.33 bits per heavy atom. The lowest BCUT2D eigenvalue weighted by molar-refractivity contribution is 0.325. The van der Waals surface area contributed by atoms with Gasteiger partial charge in [-0.25, -0.2) is 4.58 Å². The predicted molar refractivity (Wildman–Crippen MR) is 92.6 cm³/mol. The van der Waals surface area contributed by atoms with E-state index in [1.807, 2.05) is 0 Å². The third kappa shape index (κ3) is 8.55. The summed E-state index contributed by atoms with van der Waals surface area (Å²) in [5.41, 5.74) is 0.0618. The van der Waals surface area contributed by atoms with Crippen molar-refractivity contribution in [2.45, 2.75) is 66.2 Å². The van der Waals surface area contributed by atoms with E-state index >= 15 is 0 Å². The summed E-state index contributed by atoms with van der Waals surface area (Å²) in [5.74, 6) is 2.11. The van der Waals surface area contributed by atoms with E-state index in [9.17, 15) is 17.3 Å². The molecular formula is C17H30BF4NO. The standard InChI is InChI=1S/C17H30NO.BF4/c1-9-18(10-2)13-11-14(16(3,4)5)19-15(12-13)17(6,7)8;2-1(3,4)5/h11-12H,9-10H2,1-8H3;/q+1;-1. The van der Waals surface area contributed by atoms with Gasteiger partial charge in [0.05, 0.1) is 0 Å². The van der Waals surface area contributed by atoms with Crippen LogP contribution < -0.4 is 9.93 Å². The van der Waals surface area contributed by atoms with Gasteiger partial charge in [0.2, 0.25) is 5.36 Å².